The lowest BCUT2D eigenvalue weighted by Gasteiger charge is -2.36. The van der Waals surface area contributed by atoms with Crippen LogP contribution in [-0.2, 0) is 0 Å². The molecule has 0 spiro atoms. The van der Waals surface area contributed by atoms with Crippen LogP contribution in [0.1, 0.15) is 39.5 Å². The zero-order chi connectivity index (χ0) is 9.68. The molecule has 1 heterocycles. The van der Waals surface area contributed by atoms with Crippen molar-refractivity contribution in [3.8, 4) is 0 Å². The van der Waals surface area contributed by atoms with Crippen LogP contribution in [0.2, 0.25) is 0 Å². The molecule has 13 heavy (non-hydrogen) atoms. The number of piperidine rings is 1. The van der Waals surface area contributed by atoms with Crippen LogP contribution in [0.25, 0.3) is 0 Å². The first kappa shape index (κ1) is 11.0. The average molecular weight is 185 g/mol. The van der Waals surface area contributed by atoms with Gasteiger partial charge in [-0.25, -0.2) is 0 Å². The molecule has 1 aliphatic rings. The van der Waals surface area contributed by atoms with Gasteiger partial charge in [0.2, 0.25) is 0 Å². The monoisotopic (exact) mass is 185 g/mol. The highest BCUT2D eigenvalue weighted by molar-refractivity contribution is 4.76. The van der Waals surface area contributed by atoms with Crippen molar-refractivity contribution >= 4 is 0 Å². The van der Waals surface area contributed by atoms with Crippen molar-refractivity contribution in [2.24, 2.45) is 5.92 Å². The molecule has 2 unspecified atom stereocenters. The molecule has 1 N–H and O–H groups in total. The van der Waals surface area contributed by atoms with Gasteiger partial charge in [-0.05, 0) is 45.1 Å². The zero-order valence-corrected chi connectivity index (χ0v) is 9.00. The van der Waals surface area contributed by atoms with Crippen molar-refractivity contribution < 1.29 is 5.11 Å². The Labute approximate surface area is 81.9 Å². The molecule has 0 aromatic carbocycles. The fourth-order valence-corrected chi connectivity index (χ4v) is 2.12. The van der Waals surface area contributed by atoms with E-state index >= 15 is 0 Å². The van der Waals surface area contributed by atoms with Crippen LogP contribution in [0, 0.1) is 5.92 Å². The topological polar surface area (TPSA) is 23.5 Å². The van der Waals surface area contributed by atoms with Crippen molar-refractivity contribution in [3.05, 3.63) is 0 Å². The number of aliphatic hydroxyl groups is 1. The lowest BCUT2D eigenvalue weighted by molar-refractivity contribution is 0.120. The van der Waals surface area contributed by atoms with Crippen LogP contribution in [0.15, 0.2) is 0 Å². The fourth-order valence-electron chi connectivity index (χ4n) is 2.12. The van der Waals surface area contributed by atoms with E-state index in [2.05, 4.69) is 18.7 Å². The number of aliphatic hydroxyl groups excluding tert-OH is 1. The average Bonchev–Trinajstić information content (AvgIpc) is 2.11. The Morgan fingerprint density at radius 2 is 2.00 bits per heavy atom. The predicted octanol–water partition coefficient (Wildman–Crippen LogP) is 1.88. The highest BCUT2D eigenvalue weighted by Crippen LogP contribution is 2.21. The van der Waals surface area contributed by atoms with Gasteiger partial charge in [0.25, 0.3) is 0 Å². The first-order chi connectivity index (χ1) is 6.24. The van der Waals surface area contributed by atoms with E-state index in [4.69, 9.17) is 5.11 Å². The quantitative estimate of drug-likeness (QED) is 0.676. The summed E-state index contributed by atoms with van der Waals surface area (Å²) in [5.41, 5.74) is 0. The van der Waals surface area contributed by atoms with Crippen LogP contribution in [0.4, 0.5) is 0 Å². The third-order valence-electron chi connectivity index (χ3n) is 3.10. The Kier molecular flexibility index (Phi) is 4.74. The summed E-state index contributed by atoms with van der Waals surface area (Å²) < 4.78 is 0. The fraction of sp³-hybridized carbons (Fsp3) is 1.00. The highest BCUT2D eigenvalue weighted by Gasteiger charge is 2.21. The molecule has 2 atom stereocenters. The Morgan fingerprint density at radius 1 is 1.23 bits per heavy atom. The predicted molar refractivity (Wildman–Crippen MR) is 55.8 cm³/mol. The molecule has 1 fully saturated rings. The molecule has 0 bridgehead atoms. The van der Waals surface area contributed by atoms with Gasteiger partial charge in [-0.3, -0.25) is 0 Å². The van der Waals surface area contributed by atoms with Crippen LogP contribution in [0.5, 0.6) is 0 Å². The molecular weight excluding hydrogens is 162 g/mol. The number of nitrogens with zero attached hydrogens (tertiary/aromatic N) is 1. The molecule has 0 aromatic heterocycles. The summed E-state index contributed by atoms with van der Waals surface area (Å²) in [6.07, 6.45) is 4.84. The van der Waals surface area contributed by atoms with E-state index < -0.39 is 0 Å². The summed E-state index contributed by atoms with van der Waals surface area (Å²) >= 11 is 0. The van der Waals surface area contributed by atoms with Gasteiger partial charge in [0.1, 0.15) is 0 Å². The largest absolute Gasteiger partial charge is 0.396 e. The van der Waals surface area contributed by atoms with Crippen molar-refractivity contribution in [1.29, 1.82) is 0 Å². The van der Waals surface area contributed by atoms with Gasteiger partial charge < -0.3 is 10.0 Å². The number of hydrogen-bond donors (Lipinski definition) is 1. The molecular formula is C11H23NO. The maximum absolute atomic E-state index is 8.70. The van der Waals surface area contributed by atoms with E-state index in [1.807, 2.05) is 0 Å². The molecule has 0 saturated carbocycles. The minimum absolute atomic E-state index is 0.345. The molecule has 0 radical (unpaired) electrons. The minimum atomic E-state index is 0.345. The molecule has 0 aliphatic carbocycles. The summed E-state index contributed by atoms with van der Waals surface area (Å²) in [4.78, 5) is 2.57. The summed E-state index contributed by atoms with van der Waals surface area (Å²) in [6.45, 7) is 7.44. The molecule has 1 saturated heterocycles. The minimum Gasteiger partial charge on any atom is -0.396 e. The standard InChI is InChI=1S/C11H23NO/c1-10-5-6-11(2)12(9-10)7-3-4-8-13/h10-11,13H,3-9H2,1-2H3. The molecule has 2 nitrogen and oxygen atoms in total. The summed E-state index contributed by atoms with van der Waals surface area (Å²) in [5.74, 6) is 0.866. The van der Waals surface area contributed by atoms with Gasteiger partial charge in [0.15, 0.2) is 0 Å². The second-order valence-electron chi connectivity index (χ2n) is 4.46. The Bertz CT molecular complexity index is 138. The van der Waals surface area contributed by atoms with E-state index in [0.717, 1.165) is 24.8 Å². The van der Waals surface area contributed by atoms with E-state index in [0.29, 0.717) is 6.61 Å². The van der Waals surface area contributed by atoms with Crippen molar-refractivity contribution in [2.45, 2.75) is 45.6 Å². The van der Waals surface area contributed by atoms with Crippen LogP contribution < -0.4 is 0 Å². The van der Waals surface area contributed by atoms with E-state index in [9.17, 15) is 0 Å². The third-order valence-corrected chi connectivity index (χ3v) is 3.10. The highest BCUT2D eigenvalue weighted by atomic mass is 16.2. The third kappa shape index (κ3) is 3.65. The van der Waals surface area contributed by atoms with E-state index in [-0.39, 0.29) is 0 Å². The van der Waals surface area contributed by atoms with Crippen LogP contribution in [-0.4, -0.2) is 35.7 Å². The molecule has 1 aliphatic heterocycles. The summed E-state index contributed by atoms with van der Waals surface area (Å²) in [7, 11) is 0. The number of likely N-dealkylation sites (tertiary alicyclic amines) is 1. The number of hydrogen-bond acceptors (Lipinski definition) is 2. The Morgan fingerprint density at radius 3 is 2.69 bits per heavy atom. The number of unbranched alkanes of at least 4 members (excludes halogenated alkanes) is 1. The summed E-state index contributed by atoms with van der Waals surface area (Å²) in [5, 5.41) is 8.70. The summed E-state index contributed by atoms with van der Waals surface area (Å²) in [6, 6.07) is 0.759. The number of rotatable bonds is 4. The van der Waals surface area contributed by atoms with Crippen LogP contribution in [0.3, 0.4) is 0 Å². The van der Waals surface area contributed by atoms with Gasteiger partial charge in [-0.1, -0.05) is 6.92 Å². The molecule has 2 heteroatoms. The normalized spacial score (nSPS) is 30.7. The lowest BCUT2D eigenvalue weighted by Crippen LogP contribution is -2.41. The zero-order valence-electron chi connectivity index (χ0n) is 9.00. The van der Waals surface area contributed by atoms with Gasteiger partial charge in [-0.2, -0.15) is 0 Å². The van der Waals surface area contributed by atoms with Gasteiger partial charge in [0, 0.05) is 19.2 Å². The molecule has 0 amide bonds. The van der Waals surface area contributed by atoms with Gasteiger partial charge in [0.05, 0.1) is 0 Å². The maximum atomic E-state index is 8.70. The van der Waals surface area contributed by atoms with Crippen molar-refractivity contribution in [3.63, 3.8) is 0 Å². The maximum Gasteiger partial charge on any atom is 0.0431 e. The Balaban J connectivity index is 2.21. The lowest BCUT2D eigenvalue weighted by atomic mass is 9.95. The molecule has 1 rings (SSSR count). The molecule has 78 valence electrons. The molecule has 0 aromatic rings. The van der Waals surface area contributed by atoms with E-state index in [1.54, 1.807) is 0 Å². The first-order valence-electron chi connectivity index (χ1n) is 5.59. The second-order valence-corrected chi connectivity index (χ2v) is 4.46. The SMILES string of the molecule is CC1CCC(C)N(CCCCO)C1. The first-order valence-corrected chi connectivity index (χ1v) is 5.59. The smallest absolute Gasteiger partial charge is 0.0431 e. The van der Waals surface area contributed by atoms with Gasteiger partial charge in [-0.15, -0.1) is 0 Å². The Hall–Kier alpha value is -0.0800. The van der Waals surface area contributed by atoms with Crippen molar-refractivity contribution in [1.82, 2.24) is 4.90 Å². The van der Waals surface area contributed by atoms with Crippen molar-refractivity contribution in [2.75, 3.05) is 19.7 Å². The van der Waals surface area contributed by atoms with E-state index in [1.165, 1.54) is 25.9 Å². The second kappa shape index (κ2) is 5.61. The van der Waals surface area contributed by atoms with Crippen LogP contribution >= 0.6 is 0 Å². The van der Waals surface area contributed by atoms with Gasteiger partial charge >= 0.3 is 0 Å².